The van der Waals surface area contributed by atoms with Crippen LogP contribution in [0.2, 0.25) is 0 Å². The van der Waals surface area contributed by atoms with E-state index in [2.05, 4.69) is 35.1 Å². The second-order valence-electron chi connectivity index (χ2n) is 8.25. The summed E-state index contributed by atoms with van der Waals surface area (Å²) in [5.41, 5.74) is 3.50. The first kappa shape index (κ1) is 22.6. The summed E-state index contributed by atoms with van der Waals surface area (Å²) in [6.07, 6.45) is 2.18. The Morgan fingerprint density at radius 2 is 1.88 bits per heavy atom. The molecular weight excluding hydrogens is 420 g/mol. The molecule has 1 aliphatic heterocycles. The molecule has 1 aliphatic rings. The molecule has 33 heavy (non-hydrogen) atoms. The van der Waals surface area contributed by atoms with Crippen molar-refractivity contribution in [2.75, 3.05) is 25.2 Å². The van der Waals surface area contributed by atoms with Crippen LogP contribution in [0.5, 0.6) is 17.4 Å². The third-order valence-corrected chi connectivity index (χ3v) is 5.70. The van der Waals surface area contributed by atoms with Crippen molar-refractivity contribution in [3.05, 3.63) is 59.3 Å². The molecule has 0 N–H and O–H groups in total. The van der Waals surface area contributed by atoms with E-state index in [0.29, 0.717) is 18.3 Å². The van der Waals surface area contributed by atoms with Gasteiger partial charge in [0.05, 0.1) is 20.3 Å². The first-order chi connectivity index (χ1) is 16.0. The van der Waals surface area contributed by atoms with Crippen molar-refractivity contribution in [3.63, 3.8) is 0 Å². The predicted octanol–water partition coefficient (Wildman–Crippen LogP) is 4.47. The number of benzene rings is 2. The Bertz CT molecular complexity index is 1110. The molecular formula is C25H30N4O4. The Hall–Kier alpha value is -3.55. The summed E-state index contributed by atoms with van der Waals surface area (Å²) in [4.78, 5) is 14.9. The molecule has 1 aromatic heterocycles. The van der Waals surface area contributed by atoms with Crippen molar-refractivity contribution in [2.45, 2.75) is 46.2 Å². The summed E-state index contributed by atoms with van der Waals surface area (Å²) in [7, 11) is 1.63. The van der Waals surface area contributed by atoms with E-state index in [1.165, 1.54) is 11.3 Å². The maximum Gasteiger partial charge on any atom is 0.364 e. The second kappa shape index (κ2) is 9.94. The number of esters is 1. The highest BCUT2D eigenvalue weighted by Gasteiger charge is 2.25. The zero-order valence-corrected chi connectivity index (χ0v) is 19.6. The number of ether oxygens (including phenoxy) is 3. The molecule has 2 aromatic carbocycles. The van der Waals surface area contributed by atoms with Gasteiger partial charge in [-0.25, -0.2) is 9.48 Å². The highest BCUT2D eigenvalue weighted by molar-refractivity contribution is 5.89. The molecule has 0 fully saturated rings. The summed E-state index contributed by atoms with van der Waals surface area (Å²) in [5, 5.41) is 8.25. The number of carbonyl (C=O) groups is 1. The van der Waals surface area contributed by atoms with Crippen LogP contribution in [0.15, 0.2) is 42.5 Å². The minimum atomic E-state index is -0.560. The minimum absolute atomic E-state index is 0.0591. The second-order valence-corrected chi connectivity index (χ2v) is 8.25. The minimum Gasteiger partial charge on any atom is -0.497 e. The normalized spacial score (nSPS) is 13.1. The van der Waals surface area contributed by atoms with Gasteiger partial charge in [-0.15, -0.1) is 5.10 Å². The van der Waals surface area contributed by atoms with Crippen molar-refractivity contribution in [2.24, 2.45) is 0 Å². The number of anilines is 1. The van der Waals surface area contributed by atoms with Crippen LogP contribution in [0, 0.1) is 0 Å². The van der Waals surface area contributed by atoms with Crippen LogP contribution in [-0.2, 0) is 17.7 Å². The van der Waals surface area contributed by atoms with E-state index in [-0.39, 0.29) is 18.2 Å². The van der Waals surface area contributed by atoms with E-state index in [9.17, 15) is 4.79 Å². The van der Waals surface area contributed by atoms with Gasteiger partial charge in [-0.05, 0) is 62.9 Å². The molecule has 4 rings (SSSR count). The molecule has 0 aliphatic carbocycles. The molecule has 0 saturated carbocycles. The maximum atomic E-state index is 12.5. The lowest BCUT2D eigenvalue weighted by atomic mass is 10.0. The lowest BCUT2D eigenvalue weighted by Crippen LogP contribution is -2.35. The monoisotopic (exact) mass is 450 g/mol. The number of carbonyl (C=O) groups excluding carboxylic acids is 1. The van der Waals surface area contributed by atoms with Gasteiger partial charge in [-0.3, -0.25) is 0 Å². The largest absolute Gasteiger partial charge is 0.497 e. The molecule has 0 atom stereocenters. The van der Waals surface area contributed by atoms with Crippen LogP contribution in [0.25, 0.3) is 0 Å². The van der Waals surface area contributed by atoms with Gasteiger partial charge in [-0.1, -0.05) is 23.4 Å². The average molecular weight is 451 g/mol. The smallest absolute Gasteiger partial charge is 0.364 e. The molecule has 0 radical (unpaired) electrons. The zero-order chi connectivity index (χ0) is 23.4. The Morgan fingerprint density at radius 3 is 2.58 bits per heavy atom. The van der Waals surface area contributed by atoms with Crippen molar-refractivity contribution >= 4 is 11.7 Å². The summed E-state index contributed by atoms with van der Waals surface area (Å²) in [5.74, 6) is 1.10. The van der Waals surface area contributed by atoms with E-state index in [0.717, 1.165) is 30.7 Å². The van der Waals surface area contributed by atoms with Crippen molar-refractivity contribution < 1.29 is 19.0 Å². The highest BCUT2D eigenvalue weighted by Crippen LogP contribution is 2.34. The van der Waals surface area contributed by atoms with E-state index in [1.54, 1.807) is 18.7 Å². The summed E-state index contributed by atoms with van der Waals surface area (Å²) in [6.45, 7) is 7.77. The summed E-state index contributed by atoms with van der Waals surface area (Å²) in [6, 6.07) is 14.1. The first-order valence-corrected chi connectivity index (χ1v) is 11.3. The van der Waals surface area contributed by atoms with Gasteiger partial charge in [0.25, 0.3) is 5.88 Å². The van der Waals surface area contributed by atoms with Gasteiger partial charge in [0, 0.05) is 24.3 Å². The van der Waals surface area contributed by atoms with Crippen molar-refractivity contribution in [3.8, 4) is 17.4 Å². The topological polar surface area (TPSA) is 78.7 Å². The Morgan fingerprint density at radius 1 is 1.12 bits per heavy atom. The SMILES string of the molecule is CCOC(=O)c1nnn(Cc2ccc(OC)cc2)c1Oc1ccc2c(c1)N(C(C)C)CCC2. The Labute approximate surface area is 194 Å². The number of hydrogen-bond donors (Lipinski definition) is 0. The average Bonchev–Trinajstić information content (AvgIpc) is 3.21. The highest BCUT2D eigenvalue weighted by atomic mass is 16.5. The molecule has 0 spiro atoms. The molecule has 174 valence electrons. The molecule has 0 amide bonds. The van der Waals surface area contributed by atoms with Crippen molar-refractivity contribution in [1.82, 2.24) is 15.0 Å². The van der Waals surface area contributed by atoms with Gasteiger partial charge >= 0.3 is 5.97 Å². The van der Waals surface area contributed by atoms with E-state index in [1.807, 2.05) is 36.4 Å². The first-order valence-electron chi connectivity index (χ1n) is 11.3. The van der Waals surface area contributed by atoms with Crippen LogP contribution in [-0.4, -0.2) is 47.3 Å². The Balaban J connectivity index is 1.67. The standard InChI is InChI=1S/C25H30N4O4/c1-5-32-25(30)23-24(29(27-26-23)16-18-8-11-20(31-4)12-9-18)33-21-13-10-19-7-6-14-28(17(2)3)22(19)15-21/h8-13,15,17H,5-7,14,16H2,1-4H3. The van der Waals surface area contributed by atoms with Crippen LogP contribution in [0.4, 0.5) is 5.69 Å². The van der Waals surface area contributed by atoms with Gasteiger partial charge in [0.15, 0.2) is 0 Å². The van der Waals surface area contributed by atoms with Crippen LogP contribution in [0.1, 0.15) is 48.8 Å². The zero-order valence-electron chi connectivity index (χ0n) is 19.6. The van der Waals surface area contributed by atoms with Crippen LogP contribution in [0.3, 0.4) is 0 Å². The van der Waals surface area contributed by atoms with Gasteiger partial charge in [0.1, 0.15) is 11.5 Å². The number of fused-ring (bicyclic) bond motifs is 1. The van der Waals surface area contributed by atoms with Gasteiger partial charge < -0.3 is 19.1 Å². The van der Waals surface area contributed by atoms with E-state index < -0.39 is 5.97 Å². The third-order valence-electron chi connectivity index (χ3n) is 5.70. The van der Waals surface area contributed by atoms with Gasteiger partial charge in [-0.2, -0.15) is 0 Å². The molecule has 3 aromatic rings. The lowest BCUT2D eigenvalue weighted by molar-refractivity contribution is 0.0516. The van der Waals surface area contributed by atoms with E-state index in [4.69, 9.17) is 14.2 Å². The van der Waals surface area contributed by atoms with Crippen molar-refractivity contribution in [1.29, 1.82) is 0 Å². The van der Waals surface area contributed by atoms with Crippen LogP contribution >= 0.6 is 0 Å². The van der Waals surface area contributed by atoms with Crippen LogP contribution < -0.4 is 14.4 Å². The van der Waals surface area contributed by atoms with E-state index >= 15 is 0 Å². The fourth-order valence-electron chi connectivity index (χ4n) is 4.03. The third kappa shape index (κ3) is 4.94. The number of rotatable bonds is 8. The molecule has 2 heterocycles. The molecule has 0 bridgehead atoms. The molecule has 0 saturated heterocycles. The Kier molecular flexibility index (Phi) is 6.82. The lowest BCUT2D eigenvalue weighted by Gasteiger charge is -2.34. The predicted molar refractivity (Wildman–Crippen MR) is 125 cm³/mol. The number of methoxy groups -OCH3 is 1. The number of aromatic nitrogens is 3. The molecule has 8 heteroatoms. The number of nitrogens with zero attached hydrogens (tertiary/aromatic N) is 4. The summed E-state index contributed by atoms with van der Waals surface area (Å²) < 4.78 is 18.2. The number of hydrogen-bond acceptors (Lipinski definition) is 7. The quantitative estimate of drug-likeness (QED) is 0.469. The molecule has 8 nitrogen and oxygen atoms in total. The molecule has 0 unspecified atom stereocenters. The fraction of sp³-hybridized carbons (Fsp3) is 0.400. The maximum absolute atomic E-state index is 12.5. The summed E-state index contributed by atoms with van der Waals surface area (Å²) >= 11 is 0. The van der Waals surface area contributed by atoms with Gasteiger partial charge in [0.2, 0.25) is 5.69 Å². The number of aryl methyl sites for hydroxylation is 1. The fourth-order valence-corrected chi connectivity index (χ4v) is 4.03.